The van der Waals surface area contributed by atoms with Gasteiger partial charge in [-0.3, -0.25) is 14.4 Å². The molecule has 0 radical (unpaired) electrons. The number of nitrogens with one attached hydrogen (secondary N) is 1. The zero-order valence-electron chi connectivity index (χ0n) is 17.1. The third-order valence-corrected chi connectivity index (χ3v) is 6.29. The number of hydrogen-bond acceptors (Lipinski definition) is 4. The molecule has 2 aromatic rings. The number of nitrogens with zero attached hydrogens (tertiary/aromatic N) is 1. The number of carbonyl (C=O) groups is 3. The molecule has 1 heterocycles. The first-order valence-corrected chi connectivity index (χ1v) is 10.4. The lowest BCUT2D eigenvalue weighted by molar-refractivity contribution is -0.140. The zero-order chi connectivity index (χ0) is 21.1. The molecular weight excluding hydrogens is 380 g/mol. The maximum Gasteiger partial charge on any atom is 0.307 e. The van der Waals surface area contributed by atoms with Gasteiger partial charge in [-0.05, 0) is 36.6 Å². The molecule has 30 heavy (non-hydrogen) atoms. The van der Waals surface area contributed by atoms with E-state index in [4.69, 9.17) is 0 Å². The van der Waals surface area contributed by atoms with Gasteiger partial charge in [0.1, 0.15) is 0 Å². The Morgan fingerprint density at radius 1 is 1.07 bits per heavy atom. The van der Waals surface area contributed by atoms with Crippen molar-refractivity contribution in [3.63, 3.8) is 0 Å². The van der Waals surface area contributed by atoms with Crippen LogP contribution in [0.4, 0.5) is 5.69 Å². The Bertz CT molecular complexity index is 951. The summed E-state index contributed by atoms with van der Waals surface area (Å²) in [6, 6.07) is 17.0. The van der Waals surface area contributed by atoms with Crippen LogP contribution in [0.5, 0.6) is 0 Å². The molecule has 156 valence electrons. The minimum Gasteiger partial charge on any atom is -0.469 e. The topological polar surface area (TPSA) is 75.7 Å². The lowest BCUT2D eigenvalue weighted by Crippen LogP contribution is -2.61. The molecule has 6 nitrogen and oxygen atoms in total. The summed E-state index contributed by atoms with van der Waals surface area (Å²) in [5, 5.41) is 2.92. The number of fused-ring (bicyclic) bond motifs is 1. The highest BCUT2D eigenvalue weighted by atomic mass is 16.5. The van der Waals surface area contributed by atoms with E-state index in [-0.39, 0.29) is 30.7 Å². The molecule has 0 aromatic heterocycles. The van der Waals surface area contributed by atoms with Crippen LogP contribution in [-0.4, -0.2) is 37.0 Å². The first-order valence-electron chi connectivity index (χ1n) is 10.4. The molecule has 2 aromatic carbocycles. The van der Waals surface area contributed by atoms with Crippen LogP contribution < -0.4 is 10.2 Å². The maximum absolute atomic E-state index is 13.6. The van der Waals surface area contributed by atoms with Gasteiger partial charge in [-0.1, -0.05) is 49.2 Å². The Labute approximate surface area is 176 Å². The SMILES string of the molecule is COC(=O)CCNC(=O)C1c2ccccc2C(=O)N(c2ccccc2)C12CCCC2. The Morgan fingerprint density at radius 2 is 1.73 bits per heavy atom. The summed E-state index contributed by atoms with van der Waals surface area (Å²) in [6.07, 6.45) is 3.56. The third kappa shape index (κ3) is 3.36. The fourth-order valence-corrected chi connectivity index (χ4v) is 5.01. The van der Waals surface area contributed by atoms with Gasteiger partial charge in [-0.15, -0.1) is 0 Å². The Morgan fingerprint density at radius 3 is 2.43 bits per heavy atom. The van der Waals surface area contributed by atoms with Crippen molar-refractivity contribution in [2.75, 3.05) is 18.6 Å². The summed E-state index contributed by atoms with van der Waals surface area (Å²) >= 11 is 0. The average Bonchev–Trinajstić information content (AvgIpc) is 3.24. The van der Waals surface area contributed by atoms with E-state index in [0.29, 0.717) is 5.56 Å². The number of carbonyl (C=O) groups excluding carboxylic acids is 3. The van der Waals surface area contributed by atoms with Crippen LogP contribution in [0.2, 0.25) is 0 Å². The van der Waals surface area contributed by atoms with Crippen molar-refractivity contribution in [1.82, 2.24) is 5.32 Å². The predicted molar refractivity (Wildman–Crippen MR) is 113 cm³/mol. The molecule has 6 heteroatoms. The van der Waals surface area contributed by atoms with E-state index in [9.17, 15) is 14.4 Å². The summed E-state index contributed by atoms with van der Waals surface area (Å²) in [4.78, 5) is 40.4. The second-order valence-electron chi connectivity index (χ2n) is 7.92. The average molecular weight is 406 g/mol. The van der Waals surface area contributed by atoms with Gasteiger partial charge in [0.15, 0.2) is 0 Å². The summed E-state index contributed by atoms with van der Waals surface area (Å²) < 4.78 is 4.67. The lowest BCUT2D eigenvalue weighted by Gasteiger charge is -2.50. The number of amides is 2. The predicted octanol–water partition coefficient (Wildman–Crippen LogP) is 3.42. The van der Waals surface area contributed by atoms with Crippen LogP contribution in [-0.2, 0) is 14.3 Å². The minimum atomic E-state index is -0.609. The molecule has 1 N–H and O–H groups in total. The molecule has 1 unspecified atom stereocenters. The molecule has 1 spiro atoms. The molecule has 1 fully saturated rings. The van der Waals surface area contributed by atoms with Crippen molar-refractivity contribution in [2.24, 2.45) is 0 Å². The quantitative estimate of drug-likeness (QED) is 0.772. The van der Waals surface area contributed by atoms with E-state index in [0.717, 1.165) is 36.9 Å². The highest BCUT2D eigenvalue weighted by Crippen LogP contribution is 2.51. The minimum absolute atomic E-state index is 0.0580. The fourth-order valence-electron chi connectivity index (χ4n) is 5.01. The summed E-state index contributed by atoms with van der Waals surface area (Å²) in [6.45, 7) is 0.208. The number of methoxy groups -OCH3 is 1. The smallest absolute Gasteiger partial charge is 0.307 e. The maximum atomic E-state index is 13.6. The second kappa shape index (κ2) is 8.30. The van der Waals surface area contributed by atoms with Crippen LogP contribution >= 0.6 is 0 Å². The van der Waals surface area contributed by atoms with E-state index >= 15 is 0 Å². The molecule has 1 atom stereocenters. The van der Waals surface area contributed by atoms with Gasteiger partial charge in [0, 0.05) is 17.8 Å². The van der Waals surface area contributed by atoms with Gasteiger partial charge >= 0.3 is 5.97 Å². The standard InChI is InChI=1S/C24H26N2O4/c1-30-20(27)13-16-25-22(28)21-18-11-5-6-12-19(18)23(29)26(17-9-3-2-4-10-17)24(21)14-7-8-15-24/h2-6,9-12,21H,7-8,13-16H2,1H3,(H,25,28). The largest absolute Gasteiger partial charge is 0.469 e. The number of rotatable bonds is 5. The number of esters is 1. The number of para-hydroxylation sites is 1. The van der Waals surface area contributed by atoms with Crippen molar-refractivity contribution in [1.29, 1.82) is 0 Å². The normalized spacial score (nSPS) is 19.4. The zero-order valence-corrected chi connectivity index (χ0v) is 17.1. The summed E-state index contributed by atoms with van der Waals surface area (Å²) in [7, 11) is 1.33. The molecule has 2 amide bonds. The lowest BCUT2D eigenvalue weighted by atomic mass is 9.70. The number of hydrogen-bond donors (Lipinski definition) is 1. The summed E-state index contributed by atoms with van der Waals surface area (Å²) in [5.74, 6) is -1.07. The number of anilines is 1. The van der Waals surface area contributed by atoms with E-state index in [2.05, 4.69) is 10.1 Å². The molecule has 4 rings (SSSR count). The van der Waals surface area contributed by atoms with Crippen molar-refractivity contribution in [3.05, 3.63) is 65.7 Å². The molecule has 0 saturated heterocycles. The number of ether oxygens (including phenoxy) is 1. The Hall–Kier alpha value is -3.15. The van der Waals surface area contributed by atoms with Crippen molar-refractivity contribution >= 4 is 23.5 Å². The van der Waals surface area contributed by atoms with Gasteiger partial charge in [0.2, 0.25) is 5.91 Å². The van der Waals surface area contributed by atoms with E-state index < -0.39 is 11.5 Å². The third-order valence-electron chi connectivity index (χ3n) is 6.29. The first kappa shape index (κ1) is 20.1. The Kier molecular flexibility index (Phi) is 5.57. The van der Waals surface area contributed by atoms with Crippen LogP contribution in [0, 0.1) is 0 Å². The highest BCUT2D eigenvalue weighted by Gasteiger charge is 2.56. The van der Waals surface area contributed by atoms with Gasteiger partial charge in [-0.2, -0.15) is 0 Å². The Balaban J connectivity index is 1.78. The van der Waals surface area contributed by atoms with Crippen LogP contribution in [0.1, 0.15) is 53.9 Å². The highest BCUT2D eigenvalue weighted by molar-refractivity contribution is 6.12. The number of benzene rings is 2. The van der Waals surface area contributed by atoms with Gasteiger partial charge in [0.25, 0.3) is 5.91 Å². The second-order valence-corrected chi connectivity index (χ2v) is 7.92. The van der Waals surface area contributed by atoms with Crippen molar-refractivity contribution in [2.45, 2.75) is 43.6 Å². The molecule has 2 aliphatic rings. The first-order chi connectivity index (χ1) is 14.6. The molecule has 1 aliphatic heterocycles. The van der Waals surface area contributed by atoms with Gasteiger partial charge in [-0.25, -0.2) is 0 Å². The van der Waals surface area contributed by atoms with E-state index in [1.54, 1.807) is 6.07 Å². The monoisotopic (exact) mass is 406 g/mol. The van der Waals surface area contributed by atoms with E-state index in [1.807, 2.05) is 53.4 Å². The molecule has 1 saturated carbocycles. The summed E-state index contributed by atoms with van der Waals surface area (Å²) in [5.41, 5.74) is 1.53. The van der Waals surface area contributed by atoms with Crippen molar-refractivity contribution < 1.29 is 19.1 Å². The van der Waals surface area contributed by atoms with E-state index in [1.165, 1.54) is 7.11 Å². The van der Waals surface area contributed by atoms with Crippen LogP contribution in [0.25, 0.3) is 0 Å². The fraction of sp³-hybridized carbons (Fsp3) is 0.375. The van der Waals surface area contributed by atoms with Gasteiger partial charge in [0.05, 0.1) is 25.0 Å². The molecule has 1 aliphatic carbocycles. The van der Waals surface area contributed by atoms with Crippen LogP contribution in [0.3, 0.4) is 0 Å². The molecular formula is C24H26N2O4. The molecule has 0 bridgehead atoms. The van der Waals surface area contributed by atoms with Crippen LogP contribution in [0.15, 0.2) is 54.6 Å². The van der Waals surface area contributed by atoms with Crippen molar-refractivity contribution in [3.8, 4) is 0 Å². The van der Waals surface area contributed by atoms with Gasteiger partial charge < -0.3 is 15.0 Å².